The molecule has 0 unspecified atom stereocenters. The average molecular weight is 646 g/mol. The van der Waals surface area contributed by atoms with Crippen molar-refractivity contribution in [3.8, 4) is 11.5 Å². The molecule has 0 saturated carbocycles. The molecule has 0 aliphatic heterocycles. The van der Waals surface area contributed by atoms with E-state index in [2.05, 4.69) is 13.8 Å². The van der Waals surface area contributed by atoms with Crippen LogP contribution >= 0.6 is 0 Å². The van der Waals surface area contributed by atoms with Crippen LogP contribution in [-0.4, -0.2) is 27.3 Å². The van der Waals surface area contributed by atoms with Crippen molar-refractivity contribution in [3.63, 3.8) is 0 Å². The van der Waals surface area contributed by atoms with Crippen LogP contribution in [0.4, 0.5) is 0 Å². The standard InChI is InChI=1S/2C15H24O.Pb/c2*1-2-3-4-5-6-7-8-9-14-10-12-15(16)13-11-14;/h2*10-13,16H,2-9H2,1H3;/q;;+2/p-2. The number of hydrogen-bond donors (Lipinski definition) is 0. The predicted molar refractivity (Wildman–Crippen MR) is 141 cm³/mol. The van der Waals surface area contributed by atoms with Gasteiger partial charge >= 0.3 is 27.3 Å². The van der Waals surface area contributed by atoms with Crippen LogP contribution in [-0.2, 0) is 12.8 Å². The molecule has 0 aromatic heterocycles. The number of hydrogen-bond acceptors (Lipinski definition) is 2. The summed E-state index contributed by atoms with van der Waals surface area (Å²) in [5.41, 5.74) is 2.60. The van der Waals surface area contributed by atoms with E-state index in [9.17, 15) is 10.2 Å². The van der Waals surface area contributed by atoms with Crippen LogP contribution in [0.3, 0.4) is 0 Å². The molecule has 2 aromatic carbocycles. The van der Waals surface area contributed by atoms with E-state index in [0.717, 1.165) is 12.8 Å². The SMILES string of the molecule is CCCCCCCCCc1ccc([O-])cc1.CCCCCCCCCc1ccc([O-])cc1.[Pb+2]. The number of aryl methyl sites for hydroxylation is 2. The van der Waals surface area contributed by atoms with Crippen LogP contribution in [0.2, 0.25) is 0 Å². The van der Waals surface area contributed by atoms with Crippen molar-refractivity contribution in [1.82, 2.24) is 0 Å². The molecule has 0 atom stereocenters. The molecule has 0 bridgehead atoms. The van der Waals surface area contributed by atoms with Crippen molar-refractivity contribution in [1.29, 1.82) is 0 Å². The van der Waals surface area contributed by atoms with Gasteiger partial charge in [-0.2, -0.15) is 0 Å². The van der Waals surface area contributed by atoms with Crippen LogP contribution in [0.1, 0.15) is 115 Å². The molecule has 2 rings (SSSR count). The van der Waals surface area contributed by atoms with Gasteiger partial charge in [0.25, 0.3) is 0 Å². The van der Waals surface area contributed by atoms with E-state index < -0.39 is 0 Å². The Labute approximate surface area is 224 Å². The molecular formula is C30H46O2Pb. The third-order valence-electron chi connectivity index (χ3n) is 5.98. The molecule has 0 heterocycles. The molecule has 0 spiro atoms. The van der Waals surface area contributed by atoms with Crippen molar-refractivity contribution < 1.29 is 10.2 Å². The number of unbranched alkanes of at least 4 members (excludes halogenated alkanes) is 12. The van der Waals surface area contributed by atoms with Crippen LogP contribution in [0, 0.1) is 0 Å². The maximum Gasteiger partial charge on any atom is 2.00 e. The Bertz CT molecular complexity index is 593. The topological polar surface area (TPSA) is 46.1 Å². The van der Waals surface area contributed by atoms with Gasteiger partial charge in [0.05, 0.1) is 0 Å². The third-order valence-corrected chi connectivity index (χ3v) is 5.98. The molecule has 2 aromatic rings. The molecule has 0 aliphatic rings. The van der Waals surface area contributed by atoms with Crippen LogP contribution in [0.15, 0.2) is 48.5 Å². The van der Waals surface area contributed by atoms with E-state index >= 15 is 0 Å². The fourth-order valence-corrected chi connectivity index (χ4v) is 3.88. The molecule has 0 aliphatic carbocycles. The van der Waals surface area contributed by atoms with Gasteiger partial charge in [-0.15, -0.1) is 11.5 Å². The van der Waals surface area contributed by atoms with Gasteiger partial charge < -0.3 is 10.2 Å². The van der Waals surface area contributed by atoms with Gasteiger partial charge in [0.15, 0.2) is 0 Å². The average Bonchev–Trinajstić information content (AvgIpc) is 2.81. The molecule has 33 heavy (non-hydrogen) atoms. The predicted octanol–water partition coefficient (Wildman–Crippen LogP) is 7.73. The van der Waals surface area contributed by atoms with Gasteiger partial charge in [-0.25, -0.2) is 0 Å². The zero-order valence-corrected chi connectivity index (χ0v) is 25.1. The van der Waals surface area contributed by atoms with E-state index in [1.807, 2.05) is 24.3 Å². The first-order valence-electron chi connectivity index (χ1n) is 13.2. The Balaban J connectivity index is 0.000000602. The summed E-state index contributed by atoms with van der Waals surface area (Å²) in [6.07, 6.45) is 21.1. The normalized spacial score (nSPS) is 10.2. The number of rotatable bonds is 16. The van der Waals surface area contributed by atoms with Crippen molar-refractivity contribution in [2.45, 2.75) is 117 Å². The molecule has 3 heteroatoms. The van der Waals surface area contributed by atoms with Gasteiger partial charge in [0, 0.05) is 0 Å². The van der Waals surface area contributed by atoms with Crippen molar-refractivity contribution in [2.75, 3.05) is 0 Å². The van der Waals surface area contributed by atoms with Gasteiger partial charge in [-0.05, 0) is 36.8 Å². The van der Waals surface area contributed by atoms with E-state index in [1.54, 1.807) is 24.3 Å². The molecule has 2 radical (unpaired) electrons. The summed E-state index contributed by atoms with van der Waals surface area (Å²) >= 11 is 0. The maximum atomic E-state index is 10.9. The summed E-state index contributed by atoms with van der Waals surface area (Å²) in [5.74, 6) is 0.228. The fourth-order valence-electron chi connectivity index (χ4n) is 3.88. The zero-order chi connectivity index (χ0) is 23.3. The Morgan fingerprint density at radius 3 is 1.00 bits per heavy atom. The Hall–Kier alpha value is -1.04. The largest absolute Gasteiger partial charge is 2.00 e. The van der Waals surface area contributed by atoms with E-state index in [-0.39, 0.29) is 38.8 Å². The van der Waals surface area contributed by atoms with Crippen molar-refractivity contribution >= 4 is 27.3 Å². The van der Waals surface area contributed by atoms with Crippen molar-refractivity contribution in [2.24, 2.45) is 0 Å². The fraction of sp³-hybridized carbons (Fsp3) is 0.600. The van der Waals surface area contributed by atoms with Gasteiger partial charge in [0.1, 0.15) is 0 Å². The van der Waals surface area contributed by atoms with Crippen molar-refractivity contribution in [3.05, 3.63) is 59.7 Å². The number of benzene rings is 2. The second-order valence-corrected chi connectivity index (χ2v) is 9.03. The Kier molecular flexibility index (Phi) is 22.0. The summed E-state index contributed by atoms with van der Waals surface area (Å²) in [6, 6.07) is 14.5. The first kappa shape index (κ1) is 32.0. The minimum Gasteiger partial charge on any atom is -0.872 e. The third kappa shape index (κ3) is 19.0. The Morgan fingerprint density at radius 2 is 0.697 bits per heavy atom. The first-order valence-corrected chi connectivity index (χ1v) is 13.2. The summed E-state index contributed by atoms with van der Waals surface area (Å²) in [5, 5.41) is 21.8. The van der Waals surface area contributed by atoms with Crippen LogP contribution in [0.5, 0.6) is 11.5 Å². The summed E-state index contributed by atoms with van der Waals surface area (Å²) in [4.78, 5) is 0. The van der Waals surface area contributed by atoms with Gasteiger partial charge in [0.2, 0.25) is 0 Å². The summed E-state index contributed by atoms with van der Waals surface area (Å²) in [6.45, 7) is 4.50. The Morgan fingerprint density at radius 1 is 0.424 bits per heavy atom. The zero-order valence-electron chi connectivity index (χ0n) is 21.2. The maximum absolute atomic E-state index is 10.9. The molecule has 0 saturated heterocycles. The monoisotopic (exact) mass is 646 g/mol. The second kappa shape index (κ2) is 22.7. The summed E-state index contributed by atoms with van der Waals surface area (Å²) < 4.78 is 0. The first-order chi connectivity index (χ1) is 15.7. The van der Waals surface area contributed by atoms with Gasteiger partial charge in [-0.1, -0.05) is 139 Å². The quantitative estimate of drug-likeness (QED) is 0.139. The van der Waals surface area contributed by atoms with E-state index in [0.29, 0.717) is 0 Å². The smallest absolute Gasteiger partial charge is 0.872 e. The summed E-state index contributed by atoms with van der Waals surface area (Å²) in [7, 11) is 0. The molecule has 182 valence electrons. The minimum atomic E-state index is 0. The molecule has 0 N–H and O–H groups in total. The molecule has 0 fully saturated rings. The van der Waals surface area contributed by atoms with Crippen LogP contribution < -0.4 is 10.2 Å². The molecule has 2 nitrogen and oxygen atoms in total. The van der Waals surface area contributed by atoms with Crippen LogP contribution in [0.25, 0.3) is 0 Å². The van der Waals surface area contributed by atoms with Gasteiger partial charge in [-0.3, -0.25) is 0 Å². The molecule has 0 amide bonds. The minimum absolute atomic E-state index is 0. The second-order valence-electron chi connectivity index (χ2n) is 9.03. The molecular weight excluding hydrogens is 600 g/mol. The van der Waals surface area contributed by atoms with E-state index in [4.69, 9.17) is 0 Å². The van der Waals surface area contributed by atoms with E-state index in [1.165, 1.54) is 101 Å².